The highest BCUT2D eigenvalue weighted by molar-refractivity contribution is 14.1. The second-order valence-corrected chi connectivity index (χ2v) is 5.29. The minimum Gasteiger partial charge on any atom is -0.483 e. The molecule has 1 amide bonds. The molecule has 0 atom stereocenters. The van der Waals surface area contributed by atoms with E-state index in [9.17, 15) is 4.79 Å². The highest BCUT2D eigenvalue weighted by atomic mass is 127. The van der Waals surface area contributed by atoms with E-state index in [1.54, 1.807) is 0 Å². The van der Waals surface area contributed by atoms with Gasteiger partial charge in [-0.2, -0.15) is 0 Å². The molecule has 0 aliphatic rings. The summed E-state index contributed by atoms with van der Waals surface area (Å²) in [5.41, 5.74) is 0. The van der Waals surface area contributed by atoms with Crippen molar-refractivity contribution in [2.75, 3.05) is 13.2 Å². The molecule has 0 aromatic heterocycles. The predicted molar refractivity (Wildman–Crippen MR) is 81.8 cm³/mol. The van der Waals surface area contributed by atoms with Crippen LogP contribution in [0.5, 0.6) is 5.75 Å². The van der Waals surface area contributed by atoms with E-state index in [-0.39, 0.29) is 12.5 Å². The Morgan fingerprint density at radius 1 is 1.28 bits per heavy atom. The van der Waals surface area contributed by atoms with Crippen LogP contribution >= 0.6 is 22.6 Å². The van der Waals surface area contributed by atoms with Crippen molar-refractivity contribution in [3.63, 3.8) is 0 Å². The highest BCUT2D eigenvalue weighted by Gasteiger charge is 2.04. The summed E-state index contributed by atoms with van der Waals surface area (Å²) < 4.78 is 6.48. The second-order valence-electron chi connectivity index (χ2n) is 4.13. The summed E-state index contributed by atoms with van der Waals surface area (Å²) in [6.07, 6.45) is 4.66. The quantitative estimate of drug-likeness (QED) is 0.570. The molecule has 4 heteroatoms. The number of carbonyl (C=O) groups is 1. The standard InChI is InChI=1S/C14H20INO2/c1-2-3-4-7-10-16-14(17)11-18-13-9-6-5-8-12(13)15/h5-6,8-9H,2-4,7,10-11H2,1H3,(H,16,17). The molecule has 3 nitrogen and oxygen atoms in total. The molecule has 0 saturated carbocycles. The number of hydrogen-bond acceptors (Lipinski definition) is 2. The molecule has 0 fully saturated rings. The fourth-order valence-corrected chi connectivity index (χ4v) is 2.08. The summed E-state index contributed by atoms with van der Waals surface area (Å²) in [6, 6.07) is 7.68. The predicted octanol–water partition coefficient (Wildman–Crippen LogP) is 3.37. The number of ether oxygens (including phenoxy) is 1. The first-order chi connectivity index (χ1) is 8.74. The summed E-state index contributed by atoms with van der Waals surface area (Å²) in [5.74, 6) is 0.713. The van der Waals surface area contributed by atoms with Crippen molar-refractivity contribution >= 4 is 28.5 Å². The topological polar surface area (TPSA) is 38.3 Å². The van der Waals surface area contributed by atoms with Gasteiger partial charge in [-0.1, -0.05) is 38.3 Å². The molecule has 1 aromatic rings. The molecule has 0 saturated heterocycles. The molecule has 0 bridgehead atoms. The summed E-state index contributed by atoms with van der Waals surface area (Å²) in [7, 11) is 0. The number of unbranched alkanes of at least 4 members (excludes halogenated alkanes) is 3. The average Bonchev–Trinajstić information content (AvgIpc) is 2.37. The maximum atomic E-state index is 11.5. The fourth-order valence-electron chi connectivity index (χ4n) is 1.54. The lowest BCUT2D eigenvalue weighted by Crippen LogP contribution is -2.29. The maximum Gasteiger partial charge on any atom is 0.257 e. The van der Waals surface area contributed by atoms with Crippen molar-refractivity contribution in [1.29, 1.82) is 0 Å². The minimum absolute atomic E-state index is 0.0499. The fraction of sp³-hybridized carbons (Fsp3) is 0.500. The molecule has 0 aliphatic heterocycles. The van der Waals surface area contributed by atoms with Gasteiger partial charge in [0.2, 0.25) is 0 Å². The maximum absolute atomic E-state index is 11.5. The number of benzene rings is 1. The lowest BCUT2D eigenvalue weighted by molar-refractivity contribution is -0.123. The van der Waals surface area contributed by atoms with Gasteiger partial charge >= 0.3 is 0 Å². The van der Waals surface area contributed by atoms with E-state index in [4.69, 9.17) is 4.74 Å². The SMILES string of the molecule is CCCCCCNC(=O)COc1ccccc1I. The van der Waals surface area contributed by atoms with Crippen LogP contribution in [0.2, 0.25) is 0 Å². The van der Waals surface area contributed by atoms with E-state index in [0.717, 1.165) is 22.3 Å². The van der Waals surface area contributed by atoms with Crippen LogP contribution in [0, 0.1) is 3.57 Å². The zero-order valence-corrected chi connectivity index (χ0v) is 12.9. The highest BCUT2D eigenvalue weighted by Crippen LogP contribution is 2.19. The van der Waals surface area contributed by atoms with Crippen LogP contribution in [0.1, 0.15) is 32.6 Å². The van der Waals surface area contributed by atoms with Crippen molar-refractivity contribution < 1.29 is 9.53 Å². The molecule has 0 spiro atoms. The van der Waals surface area contributed by atoms with Crippen molar-refractivity contribution in [1.82, 2.24) is 5.32 Å². The lowest BCUT2D eigenvalue weighted by Gasteiger charge is -2.08. The molecule has 100 valence electrons. The first kappa shape index (κ1) is 15.3. The van der Waals surface area contributed by atoms with Crippen molar-refractivity contribution in [3.05, 3.63) is 27.8 Å². The third-order valence-electron chi connectivity index (χ3n) is 2.55. The first-order valence-corrected chi connectivity index (χ1v) is 7.46. The van der Waals surface area contributed by atoms with Gasteiger partial charge in [0.25, 0.3) is 5.91 Å². The molecular formula is C14H20INO2. The Balaban J connectivity index is 2.15. The second kappa shape index (κ2) is 9.19. The van der Waals surface area contributed by atoms with Gasteiger partial charge in [0, 0.05) is 6.54 Å². The number of para-hydroxylation sites is 1. The molecule has 1 aromatic carbocycles. The van der Waals surface area contributed by atoms with Gasteiger partial charge in [-0.25, -0.2) is 0 Å². The molecule has 1 N–H and O–H groups in total. The van der Waals surface area contributed by atoms with Gasteiger partial charge in [-0.3, -0.25) is 4.79 Å². The van der Waals surface area contributed by atoms with Crippen molar-refractivity contribution in [2.24, 2.45) is 0 Å². The summed E-state index contributed by atoms with van der Waals surface area (Å²) in [5, 5.41) is 2.86. The van der Waals surface area contributed by atoms with Crippen LogP contribution < -0.4 is 10.1 Å². The Labute approximate surface area is 122 Å². The van der Waals surface area contributed by atoms with Crippen LogP contribution in [0.4, 0.5) is 0 Å². The van der Waals surface area contributed by atoms with E-state index in [0.29, 0.717) is 0 Å². The summed E-state index contributed by atoms with van der Waals surface area (Å²) in [6.45, 7) is 3.01. The van der Waals surface area contributed by atoms with E-state index in [1.165, 1.54) is 19.3 Å². The zero-order valence-electron chi connectivity index (χ0n) is 10.7. The Kier molecular flexibility index (Phi) is 7.80. The summed E-state index contributed by atoms with van der Waals surface area (Å²) in [4.78, 5) is 11.5. The zero-order chi connectivity index (χ0) is 13.2. The van der Waals surface area contributed by atoms with E-state index in [1.807, 2.05) is 24.3 Å². The van der Waals surface area contributed by atoms with E-state index in [2.05, 4.69) is 34.8 Å². The van der Waals surface area contributed by atoms with Crippen LogP contribution in [-0.2, 0) is 4.79 Å². The Morgan fingerprint density at radius 2 is 2.06 bits per heavy atom. The Hall–Kier alpha value is -0.780. The van der Waals surface area contributed by atoms with Gasteiger partial charge in [0.05, 0.1) is 3.57 Å². The first-order valence-electron chi connectivity index (χ1n) is 6.38. The van der Waals surface area contributed by atoms with Gasteiger partial charge in [-0.05, 0) is 41.1 Å². The number of hydrogen-bond donors (Lipinski definition) is 1. The van der Waals surface area contributed by atoms with Gasteiger partial charge in [0.1, 0.15) is 5.75 Å². The normalized spacial score (nSPS) is 10.1. The molecule has 0 radical (unpaired) electrons. The minimum atomic E-state index is -0.0499. The van der Waals surface area contributed by atoms with Gasteiger partial charge in [0.15, 0.2) is 6.61 Å². The molecule has 0 aliphatic carbocycles. The van der Waals surface area contributed by atoms with Crippen LogP contribution in [0.15, 0.2) is 24.3 Å². The Bertz CT molecular complexity index is 369. The third kappa shape index (κ3) is 6.23. The smallest absolute Gasteiger partial charge is 0.257 e. The van der Waals surface area contributed by atoms with E-state index < -0.39 is 0 Å². The molecule has 18 heavy (non-hydrogen) atoms. The Morgan fingerprint density at radius 3 is 2.78 bits per heavy atom. The van der Waals surface area contributed by atoms with Crippen molar-refractivity contribution in [2.45, 2.75) is 32.6 Å². The molecular weight excluding hydrogens is 341 g/mol. The number of amides is 1. The van der Waals surface area contributed by atoms with Crippen LogP contribution in [-0.4, -0.2) is 19.1 Å². The van der Waals surface area contributed by atoms with Crippen LogP contribution in [0.25, 0.3) is 0 Å². The molecule has 1 rings (SSSR count). The largest absolute Gasteiger partial charge is 0.483 e. The van der Waals surface area contributed by atoms with Crippen molar-refractivity contribution in [3.8, 4) is 5.75 Å². The number of rotatable bonds is 8. The average molecular weight is 361 g/mol. The third-order valence-corrected chi connectivity index (χ3v) is 3.44. The van der Waals surface area contributed by atoms with E-state index >= 15 is 0 Å². The summed E-state index contributed by atoms with van der Waals surface area (Å²) >= 11 is 2.19. The van der Waals surface area contributed by atoms with Gasteiger partial charge < -0.3 is 10.1 Å². The number of carbonyl (C=O) groups excluding carboxylic acids is 1. The number of nitrogens with one attached hydrogen (secondary N) is 1. The molecule has 0 unspecified atom stereocenters. The van der Waals surface area contributed by atoms with Crippen LogP contribution in [0.3, 0.4) is 0 Å². The lowest BCUT2D eigenvalue weighted by atomic mass is 10.2. The molecule has 0 heterocycles. The number of halogens is 1. The van der Waals surface area contributed by atoms with Gasteiger partial charge in [-0.15, -0.1) is 0 Å². The monoisotopic (exact) mass is 361 g/mol.